The maximum atomic E-state index is 14.7. The predicted octanol–water partition coefficient (Wildman–Crippen LogP) is 2.27. The number of nitrogens with one attached hydrogen (secondary N) is 2. The van der Waals surface area contributed by atoms with E-state index in [9.17, 15) is 32.5 Å². The summed E-state index contributed by atoms with van der Waals surface area (Å²) in [6.45, 7) is -0.683. The van der Waals surface area contributed by atoms with Gasteiger partial charge in [0.15, 0.2) is 0 Å². The van der Waals surface area contributed by atoms with Crippen LogP contribution in [0.2, 0.25) is 0 Å². The van der Waals surface area contributed by atoms with Crippen LogP contribution in [0.15, 0.2) is 42.5 Å². The van der Waals surface area contributed by atoms with E-state index >= 15 is 0 Å². The fraction of sp³-hybridized carbons (Fsp3) is 0.318. The van der Waals surface area contributed by atoms with Crippen molar-refractivity contribution in [2.45, 2.75) is 23.6 Å². The molecule has 174 valence electrons. The van der Waals surface area contributed by atoms with Crippen molar-refractivity contribution < 1.29 is 32.5 Å². The van der Waals surface area contributed by atoms with Gasteiger partial charge < -0.3 is 15.3 Å². The SMILES string of the molecule is CS(=N)(=O)[C@@H]1C[C@@H](C(=O)O)N(C(=O)CNC(=O)c2ccc3c(c2)-c2ccccc2C3(F)F)C1. The van der Waals surface area contributed by atoms with E-state index in [4.69, 9.17) is 4.78 Å². The summed E-state index contributed by atoms with van der Waals surface area (Å²) < 4.78 is 49.1. The van der Waals surface area contributed by atoms with Crippen molar-refractivity contribution in [2.24, 2.45) is 0 Å². The predicted molar refractivity (Wildman–Crippen MR) is 116 cm³/mol. The van der Waals surface area contributed by atoms with E-state index in [0.717, 1.165) is 4.90 Å². The van der Waals surface area contributed by atoms with E-state index in [1.807, 2.05) is 0 Å². The number of carbonyl (C=O) groups excluding carboxylic acids is 2. The molecule has 1 heterocycles. The van der Waals surface area contributed by atoms with E-state index in [1.54, 1.807) is 12.1 Å². The number of benzene rings is 2. The lowest BCUT2D eigenvalue weighted by molar-refractivity contribution is -0.147. The number of fused-ring (bicyclic) bond motifs is 3. The number of carboxylic acids is 1. The van der Waals surface area contributed by atoms with Crippen LogP contribution < -0.4 is 5.32 Å². The second-order valence-electron chi connectivity index (χ2n) is 8.22. The Morgan fingerprint density at radius 2 is 1.85 bits per heavy atom. The maximum absolute atomic E-state index is 14.7. The third-order valence-electron chi connectivity index (χ3n) is 6.08. The second-order valence-corrected chi connectivity index (χ2v) is 10.7. The average Bonchev–Trinajstić information content (AvgIpc) is 3.31. The molecule has 4 rings (SSSR count). The van der Waals surface area contributed by atoms with Gasteiger partial charge in [-0.3, -0.25) is 14.4 Å². The van der Waals surface area contributed by atoms with Gasteiger partial charge >= 0.3 is 5.97 Å². The van der Waals surface area contributed by atoms with Crippen molar-refractivity contribution in [1.82, 2.24) is 10.2 Å². The quantitative estimate of drug-likeness (QED) is 0.609. The molecule has 2 aromatic rings. The van der Waals surface area contributed by atoms with Crippen molar-refractivity contribution >= 4 is 27.5 Å². The first-order valence-corrected chi connectivity index (χ1v) is 12.1. The van der Waals surface area contributed by atoms with Crippen molar-refractivity contribution in [1.29, 1.82) is 4.78 Å². The average molecular weight is 477 g/mol. The highest BCUT2D eigenvalue weighted by Gasteiger charge is 2.44. The Morgan fingerprint density at radius 3 is 2.52 bits per heavy atom. The number of likely N-dealkylation sites (tertiary alicyclic amines) is 1. The van der Waals surface area contributed by atoms with E-state index in [-0.39, 0.29) is 35.2 Å². The number of rotatable bonds is 5. The van der Waals surface area contributed by atoms with Crippen LogP contribution in [0, 0.1) is 4.78 Å². The van der Waals surface area contributed by atoms with Crippen LogP contribution >= 0.6 is 0 Å². The molecule has 0 spiro atoms. The van der Waals surface area contributed by atoms with Crippen LogP contribution in [0.4, 0.5) is 8.78 Å². The molecule has 0 radical (unpaired) electrons. The minimum absolute atomic E-state index is 0.0749. The third kappa shape index (κ3) is 3.97. The minimum Gasteiger partial charge on any atom is -0.480 e. The lowest BCUT2D eigenvalue weighted by Crippen LogP contribution is -2.45. The number of aliphatic carboxylic acids is 1. The van der Waals surface area contributed by atoms with Gasteiger partial charge in [0.05, 0.1) is 11.8 Å². The van der Waals surface area contributed by atoms with Crippen molar-refractivity contribution in [3.8, 4) is 11.1 Å². The van der Waals surface area contributed by atoms with E-state index in [2.05, 4.69) is 5.32 Å². The lowest BCUT2D eigenvalue weighted by atomic mass is 10.0. The van der Waals surface area contributed by atoms with E-state index in [1.165, 1.54) is 36.6 Å². The molecule has 3 N–H and O–H groups in total. The zero-order valence-electron chi connectivity index (χ0n) is 17.5. The van der Waals surface area contributed by atoms with Crippen LogP contribution in [0.25, 0.3) is 11.1 Å². The van der Waals surface area contributed by atoms with Gasteiger partial charge in [0, 0.05) is 39.2 Å². The van der Waals surface area contributed by atoms with Crippen LogP contribution in [0.1, 0.15) is 27.9 Å². The second kappa shape index (κ2) is 7.91. The van der Waals surface area contributed by atoms with Gasteiger partial charge in [0.25, 0.3) is 11.8 Å². The first kappa shape index (κ1) is 22.8. The number of hydrogen-bond donors (Lipinski definition) is 3. The Balaban J connectivity index is 1.49. The van der Waals surface area contributed by atoms with Gasteiger partial charge in [0.1, 0.15) is 6.04 Å². The molecule has 1 aliphatic carbocycles. The molecule has 1 fully saturated rings. The molecule has 8 nitrogen and oxygen atoms in total. The zero-order chi connectivity index (χ0) is 24.1. The Kier molecular flexibility index (Phi) is 5.47. The molecule has 1 aliphatic heterocycles. The fourth-order valence-electron chi connectivity index (χ4n) is 4.31. The van der Waals surface area contributed by atoms with Crippen molar-refractivity contribution in [3.63, 3.8) is 0 Å². The molecular formula is C22H21F2N3O5S. The number of carbonyl (C=O) groups is 3. The normalized spacial score (nSPS) is 22.2. The minimum atomic E-state index is -3.18. The lowest BCUT2D eigenvalue weighted by Gasteiger charge is -2.21. The number of halogens is 2. The summed E-state index contributed by atoms with van der Waals surface area (Å²) in [4.78, 5) is 37.7. The molecule has 0 aromatic heterocycles. The summed E-state index contributed by atoms with van der Waals surface area (Å²) in [5, 5.41) is 11.0. The van der Waals surface area contributed by atoms with Crippen LogP contribution in [0.5, 0.6) is 0 Å². The summed E-state index contributed by atoms with van der Waals surface area (Å²) in [6.07, 6.45) is 1.09. The molecule has 33 heavy (non-hydrogen) atoms. The first-order chi connectivity index (χ1) is 15.4. The topological polar surface area (TPSA) is 128 Å². The van der Waals surface area contributed by atoms with Gasteiger partial charge in [-0.15, -0.1) is 0 Å². The summed E-state index contributed by atoms with van der Waals surface area (Å²) >= 11 is 0. The van der Waals surface area contributed by atoms with Crippen LogP contribution in [-0.4, -0.2) is 62.6 Å². The number of carboxylic acid groups (broad SMARTS) is 1. The monoisotopic (exact) mass is 477 g/mol. The highest BCUT2D eigenvalue weighted by Crippen LogP contribution is 2.50. The van der Waals surface area contributed by atoms with Gasteiger partial charge in [-0.2, -0.15) is 8.78 Å². The molecular weight excluding hydrogens is 456 g/mol. The van der Waals surface area contributed by atoms with Gasteiger partial charge in [0.2, 0.25) is 5.91 Å². The summed E-state index contributed by atoms with van der Waals surface area (Å²) in [5.74, 6) is -5.83. The van der Waals surface area contributed by atoms with Crippen molar-refractivity contribution in [3.05, 3.63) is 59.2 Å². The summed E-state index contributed by atoms with van der Waals surface area (Å²) in [7, 11) is -3.06. The Morgan fingerprint density at radius 1 is 1.18 bits per heavy atom. The summed E-state index contributed by atoms with van der Waals surface area (Å²) in [6, 6.07) is 8.57. The van der Waals surface area contributed by atoms with E-state index < -0.39 is 51.3 Å². The van der Waals surface area contributed by atoms with Crippen LogP contribution in [0.3, 0.4) is 0 Å². The van der Waals surface area contributed by atoms with E-state index in [0.29, 0.717) is 5.56 Å². The van der Waals surface area contributed by atoms with Crippen LogP contribution in [-0.2, 0) is 25.2 Å². The Hall–Kier alpha value is -3.34. The van der Waals surface area contributed by atoms with Gasteiger partial charge in [-0.1, -0.05) is 30.3 Å². The third-order valence-corrected chi connectivity index (χ3v) is 7.69. The largest absolute Gasteiger partial charge is 0.480 e. The Labute approximate surface area is 188 Å². The van der Waals surface area contributed by atoms with Gasteiger partial charge in [-0.25, -0.2) is 9.00 Å². The molecule has 0 saturated carbocycles. The molecule has 2 aliphatic rings. The Bertz CT molecular complexity index is 1280. The molecule has 2 amide bonds. The summed E-state index contributed by atoms with van der Waals surface area (Å²) in [5.41, 5.74) is 0.288. The highest BCUT2D eigenvalue weighted by molar-refractivity contribution is 7.92. The number of nitrogens with zero attached hydrogens (tertiary/aromatic N) is 1. The zero-order valence-corrected chi connectivity index (χ0v) is 18.3. The molecule has 0 bridgehead atoms. The molecule has 1 unspecified atom stereocenters. The smallest absolute Gasteiger partial charge is 0.326 e. The number of alkyl halides is 2. The van der Waals surface area contributed by atoms with Crippen molar-refractivity contribution in [2.75, 3.05) is 19.3 Å². The van der Waals surface area contributed by atoms with Gasteiger partial charge in [-0.05, 0) is 29.7 Å². The molecule has 11 heteroatoms. The number of hydrogen-bond acceptors (Lipinski definition) is 5. The molecule has 3 atom stereocenters. The number of amides is 2. The fourth-order valence-corrected chi connectivity index (χ4v) is 5.31. The highest BCUT2D eigenvalue weighted by atomic mass is 32.2. The molecule has 1 saturated heterocycles. The standard InChI is InChI=1S/C22H21F2N3O5S/c1-33(25,32)13-9-18(21(30)31)27(11-13)19(28)10-26-20(29)12-6-7-17-15(8-12)14-4-2-3-5-16(14)22(17,23)24/h2-8,13,18,25H,9-11H2,1H3,(H,26,29)(H,30,31)/t13-,18+,33?/m1/s1. The first-order valence-electron chi connectivity index (χ1n) is 10.1. The maximum Gasteiger partial charge on any atom is 0.326 e. The molecule has 2 aromatic carbocycles.